The van der Waals surface area contributed by atoms with E-state index in [9.17, 15) is 8.42 Å². The Balaban J connectivity index is 2.43. The van der Waals surface area contributed by atoms with Crippen molar-refractivity contribution in [2.75, 3.05) is 4.72 Å². The summed E-state index contributed by atoms with van der Waals surface area (Å²) < 4.78 is 27.2. The van der Waals surface area contributed by atoms with Gasteiger partial charge in [-0.3, -0.25) is 4.72 Å². The summed E-state index contributed by atoms with van der Waals surface area (Å²) in [6.45, 7) is 1.67. The lowest BCUT2D eigenvalue weighted by molar-refractivity contribution is 0.281. The number of rotatable bonds is 5. The van der Waals surface area contributed by atoms with Crippen molar-refractivity contribution >= 4 is 15.7 Å². The van der Waals surface area contributed by atoms with Gasteiger partial charge in [0.1, 0.15) is 6.33 Å². The average molecular weight is 293 g/mol. The molecule has 0 radical (unpaired) electrons. The fourth-order valence-corrected chi connectivity index (χ4v) is 3.19. The number of aliphatic hydroxyl groups is 1. The Kier molecular flexibility index (Phi) is 4.31. The first-order valence-electron chi connectivity index (χ1n) is 6.07. The van der Waals surface area contributed by atoms with Crippen LogP contribution in [0.15, 0.2) is 41.8 Å². The van der Waals surface area contributed by atoms with Crippen LogP contribution in [0, 0.1) is 0 Å². The molecule has 0 aliphatic heterocycles. The summed E-state index contributed by atoms with van der Waals surface area (Å²) in [5.74, 6) is 0. The third-order valence-electron chi connectivity index (χ3n) is 2.80. The van der Waals surface area contributed by atoms with E-state index in [1.165, 1.54) is 24.8 Å². The molecule has 0 saturated carbocycles. The molecule has 0 aliphatic rings. The number of anilines is 1. The summed E-state index contributed by atoms with van der Waals surface area (Å²) in [5, 5.41) is 9.15. The van der Waals surface area contributed by atoms with Crippen molar-refractivity contribution in [3.63, 3.8) is 0 Å². The number of sulfonamides is 1. The van der Waals surface area contributed by atoms with Crippen LogP contribution in [0.5, 0.6) is 0 Å². The number of nitrogens with one attached hydrogen (secondary N) is 1. The van der Waals surface area contributed by atoms with E-state index >= 15 is 0 Å². The van der Waals surface area contributed by atoms with Gasteiger partial charge in [-0.1, -0.05) is 19.1 Å². The maximum Gasteiger partial charge on any atom is 0.262 e. The van der Waals surface area contributed by atoms with E-state index in [-0.39, 0.29) is 11.5 Å². The Morgan fingerprint density at radius 2 is 1.95 bits per heavy atom. The molecule has 0 spiro atoms. The van der Waals surface area contributed by atoms with E-state index in [1.54, 1.807) is 12.1 Å². The first kappa shape index (κ1) is 14.4. The highest BCUT2D eigenvalue weighted by Crippen LogP contribution is 2.21. The standard InChI is InChI=1S/C13H15N3O3S/c1-2-11-4-3-10(8-17)5-13(11)20(18,19)16-12-6-14-9-15-7-12/h3-7,9,16-17H,2,8H2,1H3. The molecule has 0 saturated heterocycles. The Morgan fingerprint density at radius 1 is 1.25 bits per heavy atom. The Labute approximate surface area is 117 Å². The first-order valence-corrected chi connectivity index (χ1v) is 7.55. The summed E-state index contributed by atoms with van der Waals surface area (Å²) in [6.07, 6.45) is 4.66. The lowest BCUT2D eigenvalue weighted by Gasteiger charge is -2.12. The zero-order valence-electron chi connectivity index (χ0n) is 10.9. The van der Waals surface area contributed by atoms with E-state index < -0.39 is 10.0 Å². The molecule has 20 heavy (non-hydrogen) atoms. The highest BCUT2D eigenvalue weighted by molar-refractivity contribution is 7.92. The molecule has 2 N–H and O–H groups in total. The van der Waals surface area contributed by atoms with Crippen LogP contribution in [0.25, 0.3) is 0 Å². The van der Waals surface area contributed by atoms with Crippen molar-refractivity contribution in [1.29, 1.82) is 0 Å². The molecule has 0 aliphatic carbocycles. The molecule has 0 bridgehead atoms. The number of aromatic nitrogens is 2. The van der Waals surface area contributed by atoms with E-state index in [4.69, 9.17) is 5.11 Å². The smallest absolute Gasteiger partial charge is 0.262 e. The predicted octanol–water partition coefficient (Wildman–Crippen LogP) is 1.33. The fourth-order valence-electron chi connectivity index (χ4n) is 1.80. The number of benzene rings is 1. The average Bonchev–Trinajstić information content (AvgIpc) is 2.47. The van der Waals surface area contributed by atoms with Gasteiger partial charge in [0.05, 0.1) is 29.6 Å². The lowest BCUT2D eigenvalue weighted by atomic mass is 10.1. The second-order valence-electron chi connectivity index (χ2n) is 4.19. The summed E-state index contributed by atoms with van der Waals surface area (Å²) >= 11 is 0. The lowest BCUT2D eigenvalue weighted by Crippen LogP contribution is -2.15. The third kappa shape index (κ3) is 3.12. The summed E-state index contributed by atoms with van der Waals surface area (Å²) in [7, 11) is -3.73. The maximum atomic E-state index is 12.4. The third-order valence-corrected chi connectivity index (χ3v) is 4.26. The molecule has 0 fully saturated rings. The molecule has 1 aromatic heterocycles. The van der Waals surface area contributed by atoms with Gasteiger partial charge >= 0.3 is 0 Å². The molecule has 2 aromatic rings. The molecule has 1 heterocycles. The number of nitrogens with zero attached hydrogens (tertiary/aromatic N) is 2. The van der Waals surface area contributed by atoms with E-state index in [2.05, 4.69) is 14.7 Å². The SMILES string of the molecule is CCc1ccc(CO)cc1S(=O)(=O)Nc1cncnc1. The predicted molar refractivity (Wildman–Crippen MR) is 74.6 cm³/mol. The minimum atomic E-state index is -3.73. The van der Waals surface area contributed by atoms with Gasteiger partial charge in [-0.15, -0.1) is 0 Å². The molecule has 7 heteroatoms. The molecular formula is C13H15N3O3S. The van der Waals surface area contributed by atoms with Crippen LogP contribution >= 0.6 is 0 Å². The summed E-state index contributed by atoms with van der Waals surface area (Å²) in [4.78, 5) is 7.68. The van der Waals surface area contributed by atoms with Crippen LogP contribution in [0.1, 0.15) is 18.1 Å². The number of aryl methyl sites for hydroxylation is 1. The first-order chi connectivity index (χ1) is 9.56. The zero-order valence-corrected chi connectivity index (χ0v) is 11.8. The monoisotopic (exact) mass is 293 g/mol. The van der Waals surface area contributed by atoms with Crippen molar-refractivity contribution in [3.8, 4) is 0 Å². The molecule has 6 nitrogen and oxygen atoms in total. The zero-order chi connectivity index (χ0) is 14.6. The van der Waals surface area contributed by atoms with Gasteiger partial charge in [0.2, 0.25) is 0 Å². The normalized spacial score (nSPS) is 11.3. The minimum absolute atomic E-state index is 0.162. The molecule has 0 atom stereocenters. The Hall–Kier alpha value is -1.99. The van der Waals surface area contributed by atoms with Crippen molar-refractivity contribution < 1.29 is 13.5 Å². The van der Waals surface area contributed by atoms with Crippen molar-refractivity contribution in [2.24, 2.45) is 0 Å². The Morgan fingerprint density at radius 3 is 2.55 bits per heavy atom. The minimum Gasteiger partial charge on any atom is -0.392 e. The van der Waals surface area contributed by atoms with Crippen LogP contribution in [0.2, 0.25) is 0 Å². The van der Waals surface area contributed by atoms with Crippen LogP contribution in [0.4, 0.5) is 5.69 Å². The topological polar surface area (TPSA) is 92.2 Å². The molecule has 1 aromatic carbocycles. The van der Waals surface area contributed by atoms with Gasteiger partial charge < -0.3 is 5.11 Å². The van der Waals surface area contributed by atoms with Gasteiger partial charge in [-0.25, -0.2) is 18.4 Å². The van der Waals surface area contributed by atoms with Crippen molar-refractivity contribution in [1.82, 2.24) is 9.97 Å². The van der Waals surface area contributed by atoms with Crippen LogP contribution in [0.3, 0.4) is 0 Å². The van der Waals surface area contributed by atoms with E-state index in [0.717, 1.165) is 0 Å². The van der Waals surface area contributed by atoms with Gasteiger partial charge in [-0.2, -0.15) is 0 Å². The molecule has 0 unspecified atom stereocenters. The van der Waals surface area contributed by atoms with Gasteiger partial charge in [0.15, 0.2) is 0 Å². The molecule has 0 amide bonds. The second kappa shape index (κ2) is 5.98. The second-order valence-corrected chi connectivity index (χ2v) is 5.84. The number of aliphatic hydroxyl groups excluding tert-OH is 1. The summed E-state index contributed by atoms with van der Waals surface area (Å²) in [5.41, 5.74) is 1.53. The highest BCUT2D eigenvalue weighted by atomic mass is 32.2. The number of hydrogen-bond acceptors (Lipinski definition) is 5. The van der Waals surface area contributed by atoms with Crippen LogP contribution in [-0.2, 0) is 23.1 Å². The van der Waals surface area contributed by atoms with Crippen molar-refractivity contribution in [2.45, 2.75) is 24.8 Å². The fraction of sp³-hybridized carbons (Fsp3) is 0.231. The molecule has 106 valence electrons. The van der Waals surface area contributed by atoms with Crippen LogP contribution in [-0.4, -0.2) is 23.5 Å². The maximum absolute atomic E-state index is 12.4. The highest BCUT2D eigenvalue weighted by Gasteiger charge is 2.18. The molecule has 2 rings (SSSR count). The van der Waals surface area contributed by atoms with Crippen molar-refractivity contribution in [3.05, 3.63) is 48.0 Å². The van der Waals surface area contributed by atoms with E-state index in [1.807, 2.05) is 6.92 Å². The largest absolute Gasteiger partial charge is 0.392 e. The van der Waals surface area contributed by atoms with Gasteiger partial charge in [0, 0.05) is 0 Å². The van der Waals surface area contributed by atoms with Gasteiger partial charge in [-0.05, 0) is 23.6 Å². The number of hydrogen-bond donors (Lipinski definition) is 2. The molecular weight excluding hydrogens is 278 g/mol. The quantitative estimate of drug-likeness (QED) is 0.867. The van der Waals surface area contributed by atoms with Gasteiger partial charge in [0.25, 0.3) is 10.0 Å². The van der Waals surface area contributed by atoms with E-state index in [0.29, 0.717) is 23.2 Å². The Bertz CT molecular complexity index is 687. The van der Waals surface area contributed by atoms with Crippen LogP contribution < -0.4 is 4.72 Å². The summed E-state index contributed by atoms with van der Waals surface area (Å²) in [6, 6.07) is 4.90.